The number of halogens is 2. The number of benzene rings is 4. The van der Waals surface area contributed by atoms with E-state index in [1.165, 1.54) is 33.4 Å². The van der Waals surface area contributed by atoms with Crippen molar-refractivity contribution in [1.29, 1.82) is 0 Å². The first-order valence-electron chi connectivity index (χ1n) is 8.93. The average molecular weight is 432 g/mol. The Morgan fingerprint density at radius 3 is 1.74 bits per heavy atom. The molecule has 0 atom stereocenters. The van der Waals surface area contributed by atoms with Gasteiger partial charge >= 0.3 is 0 Å². The first kappa shape index (κ1) is 16.8. The van der Waals surface area contributed by atoms with Gasteiger partial charge in [-0.25, -0.2) is 0 Å². The fourth-order valence-corrected chi connectivity index (χ4v) is 5.34. The molecule has 0 N–H and O–H groups in total. The maximum Gasteiger partial charge on any atom is 0.0714 e. The molecule has 0 unspecified atom stereocenters. The summed E-state index contributed by atoms with van der Waals surface area (Å²) in [4.78, 5) is 0. The Bertz CT molecular complexity index is 1080. The smallest absolute Gasteiger partial charge is 0.0714 e. The highest BCUT2D eigenvalue weighted by atomic mass is 79.9. The third-order valence-corrected chi connectivity index (χ3v) is 6.13. The molecule has 0 fully saturated rings. The van der Waals surface area contributed by atoms with E-state index in [2.05, 4.69) is 107 Å². The molecule has 0 aliphatic heterocycles. The minimum Gasteiger partial charge on any atom is -0.0843 e. The van der Waals surface area contributed by atoms with Gasteiger partial charge in [0.2, 0.25) is 0 Å². The van der Waals surface area contributed by atoms with Gasteiger partial charge in [0.25, 0.3) is 0 Å². The van der Waals surface area contributed by atoms with Crippen molar-refractivity contribution in [3.8, 4) is 11.1 Å². The van der Waals surface area contributed by atoms with Crippen LogP contribution in [0.4, 0.5) is 0 Å². The van der Waals surface area contributed by atoms with Crippen LogP contribution in [0.2, 0.25) is 5.02 Å². The molecule has 0 saturated carbocycles. The Morgan fingerprint density at radius 1 is 0.593 bits per heavy atom. The van der Waals surface area contributed by atoms with Gasteiger partial charge in [-0.1, -0.05) is 106 Å². The third-order valence-electron chi connectivity index (χ3n) is 5.45. The molecule has 130 valence electrons. The van der Waals surface area contributed by atoms with Crippen LogP contribution in [-0.4, -0.2) is 0 Å². The number of rotatable bonds is 2. The predicted molar refractivity (Wildman–Crippen MR) is 116 cm³/mol. The lowest BCUT2D eigenvalue weighted by molar-refractivity contribution is 0.768. The Morgan fingerprint density at radius 2 is 1.15 bits per heavy atom. The quantitative estimate of drug-likeness (QED) is 0.272. The monoisotopic (exact) mass is 430 g/mol. The molecule has 4 aromatic rings. The van der Waals surface area contributed by atoms with E-state index in [0.29, 0.717) is 0 Å². The van der Waals surface area contributed by atoms with E-state index in [1.807, 2.05) is 6.07 Å². The second-order valence-corrected chi connectivity index (χ2v) is 8.22. The fraction of sp³-hybridized carbons (Fsp3) is 0.0400. The topological polar surface area (TPSA) is 0 Å². The predicted octanol–water partition coefficient (Wildman–Crippen LogP) is 7.47. The summed E-state index contributed by atoms with van der Waals surface area (Å²) in [5, 5.41) is 0.733. The van der Waals surface area contributed by atoms with Crippen LogP contribution < -0.4 is 0 Å². The fourth-order valence-electron chi connectivity index (χ4n) is 4.48. The lowest BCUT2D eigenvalue weighted by Crippen LogP contribution is -2.28. The van der Waals surface area contributed by atoms with E-state index in [1.54, 1.807) is 0 Å². The Hall–Kier alpha value is -2.35. The molecule has 4 aromatic carbocycles. The van der Waals surface area contributed by atoms with Gasteiger partial charge < -0.3 is 0 Å². The van der Waals surface area contributed by atoms with E-state index in [0.717, 1.165) is 9.50 Å². The van der Waals surface area contributed by atoms with Crippen LogP contribution in [0, 0.1) is 0 Å². The minimum absolute atomic E-state index is 0.387. The molecule has 1 aliphatic rings. The zero-order valence-electron chi connectivity index (χ0n) is 14.5. The molecule has 0 spiro atoms. The standard InChI is InChI=1S/C25H16BrCl/c26-19-14-18(15-20(27)16-19)25(17-8-2-1-3-9-17)23-12-6-4-10-21(23)22-11-5-7-13-24(22)25/h1-16H. The molecule has 5 rings (SSSR count). The SMILES string of the molecule is Clc1cc(Br)cc(C2(c3ccccc3)c3ccccc3-c3ccccc32)c1. The second kappa shape index (κ2) is 6.37. The van der Waals surface area contributed by atoms with Crippen LogP contribution in [0.15, 0.2) is 102 Å². The average Bonchev–Trinajstić information content (AvgIpc) is 2.99. The summed E-state index contributed by atoms with van der Waals surface area (Å²) < 4.78 is 0.988. The van der Waals surface area contributed by atoms with Crippen LogP contribution in [0.1, 0.15) is 22.3 Å². The first-order chi connectivity index (χ1) is 13.2. The number of hydrogen-bond donors (Lipinski definition) is 0. The van der Waals surface area contributed by atoms with Gasteiger partial charge in [0.15, 0.2) is 0 Å². The molecule has 0 radical (unpaired) electrons. The molecule has 0 amide bonds. The zero-order chi connectivity index (χ0) is 18.4. The number of fused-ring (bicyclic) bond motifs is 3. The van der Waals surface area contributed by atoms with Crippen LogP contribution in [0.25, 0.3) is 11.1 Å². The van der Waals surface area contributed by atoms with Crippen molar-refractivity contribution in [2.45, 2.75) is 5.41 Å². The van der Waals surface area contributed by atoms with Crippen LogP contribution >= 0.6 is 27.5 Å². The summed E-state index contributed by atoms with van der Waals surface area (Å²) in [6, 6.07) is 34.4. The molecule has 27 heavy (non-hydrogen) atoms. The van der Waals surface area contributed by atoms with Gasteiger partial charge in [-0.2, -0.15) is 0 Å². The van der Waals surface area contributed by atoms with Gasteiger partial charge in [-0.05, 0) is 51.6 Å². The van der Waals surface area contributed by atoms with Crippen molar-refractivity contribution < 1.29 is 0 Å². The van der Waals surface area contributed by atoms with Crippen molar-refractivity contribution in [1.82, 2.24) is 0 Å². The molecule has 0 aromatic heterocycles. The van der Waals surface area contributed by atoms with Gasteiger partial charge in [0, 0.05) is 9.50 Å². The van der Waals surface area contributed by atoms with Gasteiger partial charge in [0.05, 0.1) is 5.41 Å². The highest BCUT2D eigenvalue weighted by Crippen LogP contribution is 2.56. The van der Waals surface area contributed by atoms with Crippen molar-refractivity contribution >= 4 is 27.5 Å². The highest BCUT2D eigenvalue weighted by Gasteiger charge is 2.45. The molecule has 0 nitrogen and oxygen atoms in total. The first-order valence-corrected chi connectivity index (χ1v) is 10.1. The Labute approximate surface area is 172 Å². The van der Waals surface area contributed by atoms with Crippen molar-refractivity contribution in [3.63, 3.8) is 0 Å². The number of hydrogen-bond acceptors (Lipinski definition) is 0. The van der Waals surface area contributed by atoms with E-state index in [-0.39, 0.29) is 5.41 Å². The molecule has 2 heteroatoms. The van der Waals surface area contributed by atoms with Crippen LogP contribution in [-0.2, 0) is 5.41 Å². The van der Waals surface area contributed by atoms with Gasteiger partial charge in [0.1, 0.15) is 0 Å². The maximum atomic E-state index is 6.50. The van der Waals surface area contributed by atoms with Gasteiger partial charge in [-0.3, -0.25) is 0 Å². The van der Waals surface area contributed by atoms with E-state index < -0.39 is 0 Å². The molecule has 0 heterocycles. The minimum atomic E-state index is -0.387. The summed E-state index contributed by atoms with van der Waals surface area (Å²) in [5.41, 5.74) is 7.20. The van der Waals surface area contributed by atoms with Crippen LogP contribution in [0.5, 0.6) is 0 Å². The third kappa shape index (κ3) is 2.42. The molecule has 0 bridgehead atoms. The highest BCUT2D eigenvalue weighted by molar-refractivity contribution is 9.10. The molecular weight excluding hydrogens is 416 g/mol. The summed E-state index contributed by atoms with van der Waals surface area (Å²) in [7, 11) is 0. The zero-order valence-corrected chi connectivity index (χ0v) is 16.8. The molecular formula is C25H16BrCl. The van der Waals surface area contributed by atoms with E-state index >= 15 is 0 Å². The summed E-state index contributed by atoms with van der Waals surface area (Å²) in [6.45, 7) is 0. The van der Waals surface area contributed by atoms with Crippen molar-refractivity contribution in [2.75, 3.05) is 0 Å². The lowest BCUT2D eigenvalue weighted by Gasteiger charge is -2.34. The largest absolute Gasteiger partial charge is 0.0843 e. The molecule has 0 saturated heterocycles. The molecule has 1 aliphatic carbocycles. The van der Waals surface area contributed by atoms with E-state index in [9.17, 15) is 0 Å². The Balaban J connectivity index is 1.99. The van der Waals surface area contributed by atoms with Crippen LogP contribution in [0.3, 0.4) is 0 Å². The summed E-state index contributed by atoms with van der Waals surface area (Å²) in [6.07, 6.45) is 0. The maximum absolute atomic E-state index is 6.50. The Kier molecular flexibility index (Phi) is 3.96. The summed E-state index contributed by atoms with van der Waals surface area (Å²) >= 11 is 10.2. The van der Waals surface area contributed by atoms with Crippen molar-refractivity contribution in [2.24, 2.45) is 0 Å². The summed E-state index contributed by atoms with van der Waals surface area (Å²) in [5.74, 6) is 0. The van der Waals surface area contributed by atoms with Crippen molar-refractivity contribution in [3.05, 3.63) is 129 Å². The second-order valence-electron chi connectivity index (χ2n) is 6.87. The normalized spacial score (nSPS) is 13.9. The lowest BCUT2D eigenvalue weighted by atomic mass is 9.68. The van der Waals surface area contributed by atoms with E-state index in [4.69, 9.17) is 11.6 Å². The van der Waals surface area contributed by atoms with Gasteiger partial charge in [-0.15, -0.1) is 0 Å².